The van der Waals surface area contributed by atoms with Gasteiger partial charge in [-0.25, -0.2) is 0 Å². The van der Waals surface area contributed by atoms with E-state index >= 15 is 0 Å². The third kappa shape index (κ3) is 2.40. The molecule has 5 heteroatoms. The van der Waals surface area contributed by atoms with Gasteiger partial charge in [0.15, 0.2) is 0 Å². The predicted octanol–water partition coefficient (Wildman–Crippen LogP) is -1.68. The second-order valence-corrected chi connectivity index (χ2v) is 2.86. The van der Waals surface area contributed by atoms with Gasteiger partial charge in [0, 0.05) is 5.92 Å². The van der Waals surface area contributed by atoms with Gasteiger partial charge in [-0.3, -0.25) is 0 Å². The Hall–Kier alpha value is -0.200. The third-order valence-electron chi connectivity index (χ3n) is 1.89. The van der Waals surface area contributed by atoms with Crippen LogP contribution in [-0.4, -0.2) is 54.1 Å². The maximum Gasteiger partial charge on any atom is 0.146 e. The Morgan fingerprint density at radius 3 is 2.33 bits per heavy atom. The van der Waals surface area contributed by atoms with Gasteiger partial charge in [-0.05, 0) is 0 Å². The van der Waals surface area contributed by atoms with Crippen LogP contribution in [0.15, 0.2) is 0 Å². The van der Waals surface area contributed by atoms with Crippen LogP contribution < -0.4 is 0 Å². The fourth-order valence-corrected chi connectivity index (χ4v) is 1.13. The Kier molecular flexibility index (Phi) is 3.90. The van der Waals surface area contributed by atoms with Crippen molar-refractivity contribution in [1.29, 1.82) is 0 Å². The summed E-state index contributed by atoms with van der Waals surface area (Å²) in [7, 11) is 0. The summed E-state index contributed by atoms with van der Waals surface area (Å²) in [5, 5.41) is 27.0. The summed E-state index contributed by atoms with van der Waals surface area (Å²) in [5.41, 5.74) is 0. The normalized spacial score (nSPS) is 25.2. The number of hydrogen-bond acceptors (Lipinski definition) is 5. The van der Waals surface area contributed by atoms with E-state index in [2.05, 4.69) is 0 Å². The highest BCUT2D eigenvalue weighted by Gasteiger charge is 2.28. The molecule has 5 nitrogen and oxygen atoms in total. The number of aliphatic hydroxyl groups is 3. The number of rotatable bonds is 3. The lowest BCUT2D eigenvalue weighted by atomic mass is 9.99. The van der Waals surface area contributed by atoms with Crippen LogP contribution in [0.3, 0.4) is 0 Å². The average molecular weight is 178 g/mol. The smallest absolute Gasteiger partial charge is 0.146 e. The van der Waals surface area contributed by atoms with Crippen molar-refractivity contribution in [1.82, 2.24) is 0 Å². The van der Waals surface area contributed by atoms with Crippen molar-refractivity contribution < 1.29 is 24.8 Å². The SMILES string of the molecule is OCC(O)C(O)C1COCOC1. The molecule has 0 radical (unpaired) electrons. The second-order valence-electron chi connectivity index (χ2n) is 2.86. The number of hydrogen-bond donors (Lipinski definition) is 3. The highest BCUT2D eigenvalue weighted by molar-refractivity contribution is 4.75. The summed E-state index contributed by atoms with van der Waals surface area (Å²) in [4.78, 5) is 0. The molecule has 12 heavy (non-hydrogen) atoms. The van der Waals surface area contributed by atoms with E-state index in [1.807, 2.05) is 0 Å². The standard InChI is InChI=1S/C7H14O5/c8-1-6(9)7(10)5-2-11-4-12-3-5/h5-10H,1-4H2. The van der Waals surface area contributed by atoms with Gasteiger partial charge in [-0.1, -0.05) is 0 Å². The molecule has 0 aromatic carbocycles. The van der Waals surface area contributed by atoms with E-state index in [4.69, 9.17) is 19.7 Å². The number of ether oxygens (including phenoxy) is 2. The van der Waals surface area contributed by atoms with E-state index in [1.54, 1.807) is 0 Å². The molecule has 1 heterocycles. The number of aliphatic hydroxyl groups excluding tert-OH is 3. The maximum absolute atomic E-state index is 9.37. The zero-order valence-electron chi connectivity index (χ0n) is 6.72. The Balaban J connectivity index is 2.33. The molecule has 0 saturated carbocycles. The van der Waals surface area contributed by atoms with Crippen LogP contribution in [0.4, 0.5) is 0 Å². The van der Waals surface area contributed by atoms with E-state index in [-0.39, 0.29) is 12.7 Å². The first-order chi connectivity index (χ1) is 5.75. The zero-order chi connectivity index (χ0) is 8.97. The molecule has 1 aliphatic heterocycles. The summed E-state index contributed by atoms with van der Waals surface area (Å²) in [6.45, 7) is 0.507. The van der Waals surface area contributed by atoms with E-state index in [9.17, 15) is 5.11 Å². The molecule has 1 fully saturated rings. The largest absolute Gasteiger partial charge is 0.394 e. The van der Waals surface area contributed by atoms with Crippen molar-refractivity contribution in [2.24, 2.45) is 5.92 Å². The molecule has 0 spiro atoms. The van der Waals surface area contributed by atoms with Crippen LogP contribution in [-0.2, 0) is 9.47 Å². The molecule has 1 rings (SSSR count). The minimum absolute atomic E-state index is 0.235. The highest BCUT2D eigenvalue weighted by Crippen LogP contribution is 2.13. The maximum atomic E-state index is 9.37. The van der Waals surface area contributed by atoms with Gasteiger partial charge in [-0.2, -0.15) is 0 Å². The van der Waals surface area contributed by atoms with Gasteiger partial charge in [0.1, 0.15) is 12.9 Å². The van der Waals surface area contributed by atoms with Crippen molar-refractivity contribution in [3.8, 4) is 0 Å². The van der Waals surface area contributed by atoms with E-state index in [0.29, 0.717) is 13.2 Å². The lowest BCUT2D eigenvalue weighted by Gasteiger charge is -2.28. The first-order valence-electron chi connectivity index (χ1n) is 3.88. The predicted molar refractivity (Wildman–Crippen MR) is 39.4 cm³/mol. The molecular weight excluding hydrogens is 164 g/mol. The van der Waals surface area contributed by atoms with Gasteiger partial charge < -0.3 is 24.8 Å². The summed E-state index contributed by atoms with van der Waals surface area (Å²) >= 11 is 0. The van der Waals surface area contributed by atoms with Gasteiger partial charge in [0.05, 0.1) is 25.9 Å². The van der Waals surface area contributed by atoms with Crippen LogP contribution in [0, 0.1) is 5.92 Å². The van der Waals surface area contributed by atoms with Crippen molar-refractivity contribution >= 4 is 0 Å². The first-order valence-corrected chi connectivity index (χ1v) is 3.88. The Morgan fingerprint density at radius 1 is 1.25 bits per heavy atom. The Bertz CT molecular complexity index is 123. The monoisotopic (exact) mass is 178 g/mol. The summed E-state index contributed by atoms with van der Waals surface area (Å²) in [6, 6.07) is 0. The van der Waals surface area contributed by atoms with Gasteiger partial charge in [-0.15, -0.1) is 0 Å². The summed E-state index contributed by atoms with van der Waals surface area (Å²) < 4.78 is 9.85. The lowest BCUT2D eigenvalue weighted by Crippen LogP contribution is -2.42. The highest BCUT2D eigenvalue weighted by atomic mass is 16.7. The van der Waals surface area contributed by atoms with E-state index in [0.717, 1.165) is 0 Å². The van der Waals surface area contributed by atoms with Gasteiger partial charge in [0.2, 0.25) is 0 Å². The Morgan fingerprint density at radius 2 is 1.83 bits per heavy atom. The minimum atomic E-state index is -1.11. The Labute approximate surface area is 70.5 Å². The summed E-state index contributed by atoms with van der Waals surface area (Å²) in [5.74, 6) is -0.249. The molecule has 0 aromatic heterocycles. The van der Waals surface area contributed by atoms with E-state index in [1.165, 1.54) is 0 Å². The molecular formula is C7H14O5. The quantitative estimate of drug-likeness (QED) is 0.481. The summed E-state index contributed by atoms with van der Waals surface area (Å²) in [6.07, 6.45) is -2.09. The zero-order valence-corrected chi connectivity index (χ0v) is 6.72. The van der Waals surface area contributed by atoms with Gasteiger partial charge >= 0.3 is 0 Å². The third-order valence-corrected chi connectivity index (χ3v) is 1.89. The van der Waals surface area contributed by atoms with Crippen LogP contribution in [0.25, 0.3) is 0 Å². The van der Waals surface area contributed by atoms with Crippen molar-refractivity contribution in [3.63, 3.8) is 0 Å². The van der Waals surface area contributed by atoms with E-state index < -0.39 is 18.8 Å². The fraction of sp³-hybridized carbons (Fsp3) is 1.00. The molecule has 72 valence electrons. The van der Waals surface area contributed by atoms with Crippen LogP contribution in [0.2, 0.25) is 0 Å². The average Bonchev–Trinajstić information content (AvgIpc) is 2.17. The molecule has 2 unspecified atom stereocenters. The first kappa shape index (κ1) is 9.88. The molecule has 1 saturated heterocycles. The second kappa shape index (κ2) is 4.74. The van der Waals surface area contributed by atoms with Crippen LogP contribution >= 0.6 is 0 Å². The van der Waals surface area contributed by atoms with Crippen LogP contribution in [0.1, 0.15) is 0 Å². The molecule has 3 N–H and O–H groups in total. The van der Waals surface area contributed by atoms with Gasteiger partial charge in [0.25, 0.3) is 0 Å². The molecule has 0 aromatic rings. The fourth-order valence-electron chi connectivity index (χ4n) is 1.13. The minimum Gasteiger partial charge on any atom is -0.394 e. The molecule has 0 amide bonds. The lowest BCUT2D eigenvalue weighted by molar-refractivity contribution is -0.165. The van der Waals surface area contributed by atoms with Crippen LogP contribution in [0.5, 0.6) is 0 Å². The van der Waals surface area contributed by atoms with Crippen molar-refractivity contribution in [3.05, 3.63) is 0 Å². The molecule has 2 atom stereocenters. The topological polar surface area (TPSA) is 79.2 Å². The van der Waals surface area contributed by atoms with Crippen molar-refractivity contribution in [2.45, 2.75) is 12.2 Å². The van der Waals surface area contributed by atoms with Crippen molar-refractivity contribution in [2.75, 3.05) is 26.6 Å². The molecule has 0 bridgehead atoms. The molecule has 0 aliphatic carbocycles. The molecule has 1 aliphatic rings.